The molecule has 0 fully saturated rings. The summed E-state index contributed by atoms with van der Waals surface area (Å²) < 4.78 is 0. The fourth-order valence-electron chi connectivity index (χ4n) is 0.118. The maximum atomic E-state index is 9.38. The van der Waals surface area contributed by atoms with Crippen molar-refractivity contribution in [1.82, 2.24) is 0 Å². The second-order valence-electron chi connectivity index (χ2n) is 0.850. The Kier molecular flexibility index (Phi) is 14.2. The summed E-state index contributed by atoms with van der Waals surface area (Å²) in [6.07, 6.45) is 2.84. The third-order valence-electron chi connectivity index (χ3n) is 0.364. The van der Waals surface area contributed by atoms with Gasteiger partial charge in [-0.2, -0.15) is 0 Å². The Labute approximate surface area is 64.6 Å². The molecule has 0 aromatic carbocycles. The van der Waals surface area contributed by atoms with Gasteiger partial charge in [-0.1, -0.05) is 0 Å². The Morgan fingerprint density at radius 2 is 2.14 bits per heavy atom. The normalized spacial score (nSPS) is 6.29. The summed E-state index contributed by atoms with van der Waals surface area (Å²) in [5.74, 6) is 0. The molecule has 0 radical (unpaired) electrons. The van der Waals surface area contributed by atoms with E-state index < -0.39 is 0 Å². The van der Waals surface area contributed by atoms with Gasteiger partial charge in [0, 0.05) is 0 Å². The van der Waals surface area contributed by atoms with E-state index in [0.717, 1.165) is 0 Å². The summed E-state index contributed by atoms with van der Waals surface area (Å²) in [7, 11) is 0. The molecule has 0 aromatic rings. The van der Waals surface area contributed by atoms with Crippen LogP contribution in [0.15, 0.2) is 0 Å². The van der Waals surface area contributed by atoms with Gasteiger partial charge >= 0.3 is 29.6 Å². The van der Waals surface area contributed by atoms with Crippen LogP contribution in [0.2, 0.25) is 0 Å². The van der Waals surface area contributed by atoms with Crippen molar-refractivity contribution in [2.24, 2.45) is 0 Å². The van der Waals surface area contributed by atoms with Gasteiger partial charge in [0.05, 0.1) is 0 Å². The summed E-state index contributed by atoms with van der Waals surface area (Å²) in [6.45, 7) is 0. The molecule has 7 heavy (non-hydrogen) atoms. The molecule has 0 unspecified atom stereocenters. The first kappa shape index (κ1) is 10.3. The van der Waals surface area contributed by atoms with E-state index in [9.17, 15) is 9.59 Å². The van der Waals surface area contributed by atoms with Crippen LogP contribution in [-0.2, 0) is 9.59 Å². The van der Waals surface area contributed by atoms with E-state index in [1.165, 1.54) is 0 Å². The molecule has 0 aliphatic rings. The molecule has 0 aliphatic heterocycles. The van der Waals surface area contributed by atoms with Crippen molar-refractivity contribution in [3.8, 4) is 0 Å². The Balaban J connectivity index is 0. The maximum absolute atomic E-state index is 9.38. The van der Waals surface area contributed by atoms with Crippen molar-refractivity contribution in [1.29, 1.82) is 0 Å². The molecule has 0 aromatic heterocycles. The number of hydrogen-bond donors (Lipinski definition) is 0. The van der Waals surface area contributed by atoms with Crippen molar-refractivity contribution in [2.75, 3.05) is 0 Å². The van der Waals surface area contributed by atoms with Crippen LogP contribution in [-0.4, -0.2) is 12.6 Å². The van der Waals surface area contributed by atoms with Crippen LogP contribution >= 0.6 is 0 Å². The topological polar surface area (TPSA) is 34.1 Å². The van der Waals surface area contributed by atoms with Gasteiger partial charge in [-0.15, -0.1) is 6.42 Å². The van der Waals surface area contributed by atoms with E-state index in [4.69, 9.17) is 0 Å². The summed E-state index contributed by atoms with van der Waals surface area (Å²) in [5, 5.41) is 0. The van der Waals surface area contributed by atoms with Crippen LogP contribution in [0.3, 0.4) is 0 Å². The molecule has 0 spiro atoms. The van der Waals surface area contributed by atoms with Gasteiger partial charge in [-0.05, 0) is 6.42 Å². The SMILES string of the molecule is O=[C-]CCC=O.[Na+]. The van der Waals surface area contributed by atoms with Gasteiger partial charge in [0.1, 0.15) is 6.29 Å². The number of aldehydes is 1. The van der Waals surface area contributed by atoms with E-state index in [1.54, 1.807) is 6.29 Å². The molecule has 0 saturated heterocycles. The van der Waals surface area contributed by atoms with Crippen LogP contribution in [0, 0.1) is 0 Å². The van der Waals surface area contributed by atoms with Crippen molar-refractivity contribution in [3.63, 3.8) is 0 Å². The third-order valence-corrected chi connectivity index (χ3v) is 0.364. The number of rotatable bonds is 3. The molecular weight excluding hydrogens is 103 g/mol. The molecule has 0 rings (SSSR count). The molecule has 34 valence electrons. The molecule has 3 heteroatoms. The summed E-state index contributed by atoms with van der Waals surface area (Å²) in [4.78, 5) is 18.7. The third kappa shape index (κ3) is 10.7. The second-order valence-corrected chi connectivity index (χ2v) is 0.850. The predicted molar refractivity (Wildman–Crippen MR) is 21.0 cm³/mol. The molecule has 0 atom stereocenters. The number of carbonyl (C=O) groups is 1. The van der Waals surface area contributed by atoms with Gasteiger partial charge < -0.3 is 9.59 Å². The van der Waals surface area contributed by atoms with Crippen molar-refractivity contribution < 1.29 is 39.1 Å². The fourth-order valence-corrected chi connectivity index (χ4v) is 0.118. The van der Waals surface area contributed by atoms with Crippen molar-refractivity contribution >= 4 is 12.6 Å². The minimum Gasteiger partial charge on any atom is -0.542 e. The Morgan fingerprint density at radius 3 is 2.29 bits per heavy atom. The molecule has 0 heterocycles. The van der Waals surface area contributed by atoms with Gasteiger partial charge in [0.2, 0.25) is 0 Å². The van der Waals surface area contributed by atoms with E-state index in [1.807, 2.05) is 0 Å². The summed E-state index contributed by atoms with van der Waals surface area (Å²) >= 11 is 0. The Morgan fingerprint density at radius 1 is 1.57 bits per heavy atom. The minimum absolute atomic E-state index is 0. The quantitative estimate of drug-likeness (QED) is 0.168. The first-order valence-electron chi connectivity index (χ1n) is 1.70. The number of hydrogen-bond acceptors (Lipinski definition) is 2. The average molecular weight is 108 g/mol. The van der Waals surface area contributed by atoms with Gasteiger partial charge in [0.15, 0.2) is 0 Å². The standard InChI is InChI=1S/C4H5O2.Na/c5-3-1-2-4-6;/h3H,1-2H2;/q-1;+1. The first-order chi connectivity index (χ1) is 2.91. The Bertz CT molecular complexity index is 45.7. The summed E-state index contributed by atoms with van der Waals surface area (Å²) in [5.41, 5.74) is 0. The molecule has 0 bridgehead atoms. The predicted octanol–water partition coefficient (Wildman–Crippen LogP) is -2.92. The first-order valence-corrected chi connectivity index (χ1v) is 1.70. The van der Waals surface area contributed by atoms with Crippen molar-refractivity contribution in [2.45, 2.75) is 12.8 Å². The molecule has 0 saturated carbocycles. The summed E-state index contributed by atoms with van der Waals surface area (Å²) in [6, 6.07) is 0. The largest absolute Gasteiger partial charge is 1.00 e. The molecule has 0 N–H and O–H groups in total. The van der Waals surface area contributed by atoms with E-state index in [-0.39, 0.29) is 36.0 Å². The molecule has 0 aliphatic carbocycles. The van der Waals surface area contributed by atoms with Crippen molar-refractivity contribution in [3.05, 3.63) is 0 Å². The maximum Gasteiger partial charge on any atom is 1.00 e. The second kappa shape index (κ2) is 9.60. The average Bonchev–Trinajstić information content (AvgIpc) is 1.61. The van der Waals surface area contributed by atoms with Crippen LogP contribution < -0.4 is 29.6 Å². The zero-order chi connectivity index (χ0) is 4.83. The van der Waals surface area contributed by atoms with Crippen LogP contribution in [0.4, 0.5) is 0 Å². The van der Waals surface area contributed by atoms with Crippen LogP contribution in [0.5, 0.6) is 0 Å². The van der Waals surface area contributed by atoms with E-state index in [0.29, 0.717) is 12.7 Å². The van der Waals surface area contributed by atoms with Gasteiger partial charge in [0.25, 0.3) is 0 Å². The minimum atomic E-state index is 0. The van der Waals surface area contributed by atoms with Crippen LogP contribution in [0.1, 0.15) is 12.8 Å². The van der Waals surface area contributed by atoms with E-state index >= 15 is 0 Å². The molecule has 0 amide bonds. The monoisotopic (exact) mass is 108 g/mol. The van der Waals surface area contributed by atoms with Crippen LogP contribution in [0.25, 0.3) is 0 Å². The fraction of sp³-hybridized carbons (Fsp3) is 0.500. The zero-order valence-corrected chi connectivity index (χ0v) is 6.31. The number of unbranched alkanes of at least 4 members (excludes halogenated alkanes) is 1. The Hall–Kier alpha value is 0.340. The molecular formula is C4H5NaO2. The zero-order valence-electron chi connectivity index (χ0n) is 4.31. The number of carbonyl (C=O) groups excluding carboxylic acids is 2. The smallest absolute Gasteiger partial charge is 0.542 e. The van der Waals surface area contributed by atoms with Gasteiger partial charge in [-0.3, -0.25) is 6.29 Å². The van der Waals surface area contributed by atoms with Gasteiger partial charge in [-0.25, -0.2) is 0 Å². The van der Waals surface area contributed by atoms with E-state index in [2.05, 4.69) is 0 Å². The molecule has 2 nitrogen and oxygen atoms in total.